The lowest BCUT2D eigenvalue weighted by atomic mass is 10.4. The van der Waals surface area contributed by atoms with Crippen LogP contribution < -0.4 is 0 Å². The topological polar surface area (TPSA) is 54.5 Å². The summed E-state index contributed by atoms with van der Waals surface area (Å²) in [4.78, 5) is 0. The molecule has 0 saturated carbocycles. The minimum Gasteiger partial charge on any atom is -0.177 e. The molecule has 5 heteroatoms. The molecular weight excluding hydrogens is 231 g/mol. The number of tetrazole rings is 1. The third-order valence-electron chi connectivity index (χ3n) is 0.703. The number of nitrogens with zero attached hydrogens (tertiary/aromatic N) is 3. The second kappa shape index (κ2) is 3.40. The van der Waals surface area contributed by atoms with Crippen molar-refractivity contribution in [3.8, 4) is 9.85 Å². The van der Waals surface area contributed by atoms with Crippen LogP contribution in [0.3, 0.4) is 0 Å². The van der Waals surface area contributed by atoms with Crippen LogP contribution in [-0.4, -0.2) is 20.6 Å². The van der Waals surface area contributed by atoms with Gasteiger partial charge in [0, 0.05) is 22.6 Å². The molecule has 0 unspecified atom stereocenters. The Kier molecular flexibility index (Phi) is 2.45. The van der Waals surface area contributed by atoms with Gasteiger partial charge in [-0.1, -0.05) is 11.1 Å². The highest BCUT2D eigenvalue weighted by molar-refractivity contribution is 14.1. The van der Waals surface area contributed by atoms with E-state index in [1.165, 1.54) is 0 Å². The number of aromatic nitrogens is 4. The maximum atomic E-state index is 3.70. The normalized spacial score (nSPS) is 8.11. The Labute approximate surface area is 65.6 Å². The van der Waals surface area contributed by atoms with Gasteiger partial charge >= 0.3 is 0 Å². The van der Waals surface area contributed by atoms with Gasteiger partial charge in [0.1, 0.15) is 0 Å². The van der Waals surface area contributed by atoms with E-state index < -0.39 is 0 Å². The molecular formula is C4H3IN4. The van der Waals surface area contributed by atoms with Gasteiger partial charge in [-0.25, -0.2) is 0 Å². The molecule has 0 aromatic carbocycles. The Bertz CT molecular complexity index is 218. The van der Waals surface area contributed by atoms with Crippen LogP contribution in [0, 0.1) is 9.85 Å². The first-order valence-electron chi connectivity index (χ1n) is 2.24. The fraction of sp³-hybridized carbons (Fsp3) is 0.250. The second-order valence-corrected chi connectivity index (χ2v) is 1.82. The molecule has 0 fully saturated rings. The standard InChI is InChI=1S/C4H3IN4/c5-3-1-2-4-6-8-9-7-4/h2H2,(H,6,7,8,9). The fourth-order valence-electron chi connectivity index (χ4n) is 0.370. The smallest absolute Gasteiger partial charge is 0.177 e. The number of hydrogen-bond acceptors (Lipinski definition) is 3. The molecule has 1 heterocycles. The first-order chi connectivity index (χ1) is 4.43. The van der Waals surface area contributed by atoms with E-state index in [2.05, 4.69) is 30.5 Å². The molecule has 1 aromatic heterocycles. The predicted octanol–water partition coefficient (Wildman–Crippen LogP) is 0.138. The Balaban J connectivity index is 2.54. The summed E-state index contributed by atoms with van der Waals surface area (Å²) in [5.74, 6) is 3.44. The van der Waals surface area contributed by atoms with E-state index in [4.69, 9.17) is 0 Å². The zero-order valence-electron chi connectivity index (χ0n) is 4.43. The lowest BCUT2D eigenvalue weighted by Crippen LogP contribution is -1.83. The Hall–Kier alpha value is -0.640. The maximum absolute atomic E-state index is 3.70. The molecule has 46 valence electrons. The van der Waals surface area contributed by atoms with Crippen molar-refractivity contribution in [2.24, 2.45) is 0 Å². The minimum absolute atomic E-state index is 0.569. The second-order valence-electron chi connectivity index (χ2n) is 1.28. The van der Waals surface area contributed by atoms with Gasteiger partial charge in [-0.2, -0.15) is 5.21 Å². The average molecular weight is 234 g/mol. The number of nitrogens with one attached hydrogen (secondary N) is 1. The van der Waals surface area contributed by atoms with Gasteiger partial charge in [-0.3, -0.25) is 0 Å². The summed E-state index contributed by atoms with van der Waals surface area (Å²) in [6.07, 6.45) is 0.569. The van der Waals surface area contributed by atoms with Crippen molar-refractivity contribution in [2.75, 3.05) is 0 Å². The zero-order valence-corrected chi connectivity index (χ0v) is 6.58. The van der Waals surface area contributed by atoms with Crippen molar-refractivity contribution in [1.82, 2.24) is 20.6 Å². The highest BCUT2D eigenvalue weighted by Gasteiger charge is 1.90. The first kappa shape index (κ1) is 6.48. The van der Waals surface area contributed by atoms with Crippen LogP contribution in [0.25, 0.3) is 0 Å². The third-order valence-corrected chi connectivity index (χ3v) is 1.08. The zero-order chi connectivity index (χ0) is 6.53. The monoisotopic (exact) mass is 234 g/mol. The van der Waals surface area contributed by atoms with Crippen LogP contribution in [0.4, 0.5) is 0 Å². The van der Waals surface area contributed by atoms with E-state index in [0.29, 0.717) is 12.2 Å². The van der Waals surface area contributed by atoms with Gasteiger partial charge in [0.2, 0.25) is 0 Å². The number of rotatable bonds is 1. The largest absolute Gasteiger partial charge is 0.186 e. The number of aromatic amines is 1. The van der Waals surface area contributed by atoms with Crippen molar-refractivity contribution < 1.29 is 0 Å². The highest BCUT2D eigenvalue weighted by Crippen LogP contribution is 1.83. The summed E-state index contributed by atoms with van der Waals surface area (Å²) < 4.78 is 2.70. The van der Waals surface area contributed by atoms with Gasteiger partial charge in [-0.15, -0.1) is 10.2 Å². The van der Waals surface area contributed by atoms with Crippen molar-refractivity contribution in [2.45, 2.75) is 6.42 Å². The molecule has 0 atom stereocenters. The van der Waals surface area contributed by atoms with Crippen LogP contribution in [-0.2, 0) is 6.42 Å². The Morgan fingerprint density at radius 3 is 3.11 bits per heavy atom. The van der Waals surface area contributed by atoms with Gasteiger partial charge < -0.3 is 0 Å². The molecule has 0 aliphatic rings. The summed E-state index contributed by atoms with van der Waals surface area (Å²) in [6.45, 7) is 0. The minimum atomic E-state index is 0.569. The molecule has 0 aliphatic carbocycles. The molecule has 0 amide bonds. The number of hydrogen-bond donors (Lipinski definition) is 1. The first-order valence-corrected chi connectivity index (χ1v) is 3.32. The molecule has 9 heavy (non-hydrogen) atoms. The molecule has 0 aliphatic heterocycles. The fourth-order valence-corrected chi connectivity index (χ4v) is 0.561. The van der Waals surface area contributed by atoms with E-state index in [-0.39, 0.29) is 0 Å². The van der Waals surface area contributed by atoms with Crippen LogP contribution >= 0.6 is 22.6 Å². The lowest BCUT2D eigenvalue weighted by molar-refractivity contribution is 0.881. The summed E-state index contributed by atoms with van der Waals surface area (Å²) in [5.41, 5.74) is 0. The van der Waals surface area contributed by atoms with Crippen molar-refractivity contribution >= 4 is 22.6 Å². The third kappa shape index (κ3) is 1.97. The average Bonchev–Trinajstić information content (AvgIpc) is 2.34. The molecule has 0 radical (unpaired) electrons. The molecule has 1 N–H and O–H groups in total. The summed E-state index contributed by atoms with van der Waals surface area (Å²) in [5, 5.41) is 13.1. The van der Waals surface area contributed by atoms with E-state index in [9.17, 15) is 0 Å². The summed E-state index contributed by atoms with van der Waals surface area (Å²) >= 11 is 1.97. The van der Waals surface area contributed by atoms with Gasteiger partial charge in [0.15, 0.2) is 5.82 Å². The van der Waals surface area contributed by atoms with Gasteiger partial charge in [0.25, 0.3) is 0 Å². The van der Waals surface area contributed by atoms with Crippen LogP contribution in [0.5, 0.6) is 0 Å². The molecule has 1 aromatic rings. The Morgan fingerprint density at radius 2 is 2.56 bits per heavy atom. The van der Waals surface area contributed by atoms with Crippen LogP contribution in [0.2, 0.25) is 0 Å². The van der Waals surface area contributed by atoms with E-state index in [1.54, 1.807) is 0 Å². The van der Waals surface area contributed by atoms with Gasteiger partial charge in [0.05, 0.1) is 6.42 Å². The molecule has 1 rings (SSSR count). The predicted molar refractivity (Wildman–Crippen MR) is 39.7 cm³/mol. The maximum Gasteiger partial charge on any atom is 0.186 e. The highest BCUT2D eigenvalue weighted by atomic mass is 127. The van der Waals surface area contributed by atoms with E-state index in [0.717, 1.165) is 0 Å². The summed E-state index contributed by atoms with van der Waals surface area (Å²) in [6, 6.07) is 0. The van der Waals surface area contributed by atoms with Crippen molar-refractivity contribution in [1.29, 1.82) is 0 Å². The van der Waals surface area contributed by atoms with Gasteiger partial charge in [-0.05, 0) is 3.93 Å². The van der Waals surface area contributed by atoms with Crippen molar-refractivity contribution in [3.63, 3.8) is 0 Å². The molecule has 0 bridgehead atoms. The van der Waals surface area contributed by atoms with Crippen LogP contribution in [0.15, 0.2) is 0 Å². The number of halogens is 1. The van der Waals surface area contributed by atoms with Crippen LogP contribution in [0.1, 0.15) is 5.82 Å². The van der Waals surface area contributed by atoms with E-state index in [1.807, 2.05) is 22.6 Å². The quantitative estimate of drug-likeness (QED) is 0.555. The van der Waals surface area contributed by atoms with E-state index >= 15 is 0 Å². The number of H-pyrrole nitrogens is 1. The van der Waals surface area contributed by atoms with Crippen molar-refractivity contribution in [3.05, 3.63) is 5.82 Å². The lowest BCUT2D eigenvalue weighted by Gasteiger charge is -1.74. The Morgan fingerprint density at radius 1 is 1.67 bits per heavy atom. The molecule has 4 nitrogen and oxygen atoms in total. The molecule has 0 spiro atoms. The molecule has 0 saturated heterocycles. The summed E-state index contributed by atoms with van der Waals surface area (Å²) in [7, 11) is 0. The SMILES string of the molecule is IC#CCc1nn[nH]n1.